The number of phosphoric ester groups is 2. The molecular formula is C77H150O17P2. The third-order valence-electron chi connectivity index (χ3n) is 18.4. The van der Waals surface area contributed by atoms with Crippen LogP contribution in [0.2, 0.25) is 0 Å². The monoisotopic (exact) mass is 1410 g/mol. The van der Waals surface area contributed by atoms with Crippen LogP contribution < -0.4 is 0 Å². The molecular weight excluding hydrogens is 1260 g/mol. The number of ether oxygens (including phenoxy) is 4. The van der Waals surface area contributed by atoms with Crippen LogP contribution in [0.1, 0.15) is 407 Å². The summed E-state index contributed by atoms with van der Waals surface area (Å²) < 4.78 is 68.5. The fourth-order valence-electron chi connectivity index (χ4n) is 11.8. The Morgan fingerprint density at radius 2 is 0.500 bits per heavy atom. The molecule has 0 rings (SSSR count). The number of carbonyl (C=O) groups is 4. The van der Waals surface area contributed by atoms with Gasteiger partial charge < -0.3 is 33.8 Å². The molecule has 0 amide bonds. The molecule has 96 heavy (non-hydrogen) atoms. The van der Waals surface area contributed by atoms with Crippen LogP contribution in [0.3, 0.4) is 0 Å². The third-order valence-corrected chi connectivity index (χ3v) is 20.3. The van der Waals surface area contributed by atoms with E-state index in [1.165, 1.54) is 231 Å². The molecule has 0 spiro atoms. The van der Waals surface area contributed by atoms with Crippen molar-refractivity contribution in [3.63, 3.8) is 0 Å². The van der Waals surface area contributed by atoms with E-state index in [0.29, 0.717) is 25.7 Å². The molecule has 0 aromatic heterocycles. The Morgan fingerprint density at radius 3 is 0.740 bits per heavy atom. The van der Waals surface area contributed by atoms with Crippen molar-refractivity contribution in [2.24, 2.45) is 5.92 Å². The van der Waals surface area contributed by atoms with Crippen LogP contribution in [-0.4, -0.2) is 96.7 Å². The SMILES string of the molecule is CCCCCCCCCCCCCCC(=O)OC[C@H](COP(=O)(O)OC[C@@H](O)COP(=O)(O)OC[C@@H](COC(=O)CCCCCCCCCCCCC)OC(=O)CCCCCCCCCCCCC)OC(=O)CCCCCCCCCCCCCCCCCCCCC(C)CC. The third kappa shape index (κ3) is 69.2. The van der Waals surface area contributed by atoms with Crippen LogP contribution >= 0.6 is 15.6 Å². The first kappa shape index (κ1) is 94.1. The average molecular weight is 1410 g/mol. The summed E-state index contributed by atoms with van der Waals surface area (Å²) >= 11 is 0. The molecule has 570 valence electrons. The van der Waals surface area contributed by atoms with E-state index in [0.717, 1.165) is 95.8 Å². The predicted molar refractivity (Wildman–Crippen MR) is 391 cm³/mol. The standard InChI is InChI=1S/C77H150O17P2/c1-6-10-13-16-19-22-25-37-41-46-51-56-61-75(80)88-67-73(94-77(82)63-58-53-48-43-38-33-31-29-27-26-28-30-32-36-39-44-49-54-59-70(5)9-4)69-92-96(85,86)90-65-71(78)64-89-95(83,84)91-68-72(93-76(81)62-57-52-47-42-35-24-21-18-15-12-8-3)66-87-74(79)60-55-50-45-40-34-23-20-17-14-11-7-2/h70-73,78H,6-69H2,1-5H3,(H,83,84)(H,85,86)/t70?,71-,72+,73+/m0/s1. The largest absolute Gasteiger partial charge is 0.472 e. The van der Waals surface area contributed by atoms with Gasteiger partial charge in [0.05, 0.1) is 26.4 Å². The highest BCUT2D eigenvalue weighted by Gasteiger charge is 2.30. The molecule has 0 saturated carbocycles. The molecule has 0 aliphatic carbocycles. The zero-order valence-electron chi connectivity index (χ0n) is 62.5. The van der Waals surface area contributed by atoms with E-state index in [1.807, 2.05) is 0 Å². The van der Waals surface area contributed by atoms with E-state index < -0.39 is 97.5 Å². The van der Waals surface area contributed by atoms with Gasteiger partial charge in [-0.1, -0.05) is 356 Å². The highest BCUT2D eigenvalue weighted by molar-refractivity contribution is 7.47. The minimum absolute atomic E-state index is 0.108. The van der Waals surface area contributed by atoms with Crippen molar-refractivity contribution >= 4 is 39.5 Å². The van der Waals surface area contributed by atoms with E-state index in [1.54, 1.807) is 0 Å². The first-order valence-corrected chi connectivity index (χ1v) is 43.2. The fraction of sp³-hybridized carbons (Fsp3) is 0.948. The van der Waals surface area contributed by atoms with Gasteiger partial charge in [-0.15, -0.1) is 0 Å². The Hall–Kier alpha value is -1.94. The zero-order valence-corrected chi connectivity index (χ0v) is 64.3. The summed E-state index contributed by atoms with van der Waals surface area (Å²) in [5.41, 5.74) is 0. The maximum absolute atomic E-state index is 13.1. The van der Waals surface area contributed by atoms with Crippen molar-refractivity contribution in [2.75, 3.05) is 39.6 Å². The summed E-state index contributed by atoms with van der Waals surface area (Å²) in [5.74, 6) is -1.24. The Labute approximate surface area is 588 Å². The molecule has 0 aliphatic heterocycles. The summed E-state index contributed by atoms with van der Waals surface area (Å²) in [5, 5.41) is 10.6. The molecule has 17 nitrogen and oxygen atoms in total. The molecule has 0 saturated heterocycles. The number of aliphatic hydroxyl groups excluding tert-OH is 1. The lowest BCUT2D eigenvalue weighted by Gasteiger charge is -2.21. The Morgan fingerprint density at radius 1 is 0.292 bits per heavy atom. The quantitative estimate of drug-likeness (QED) is 0.0222. The van der Waals surface area contributed by atoms with E-state index >= 15 is 0 Å². The second-order valence-electron chi connectivity index (χ2n) is 28.0. The van der Waals surface area contributed by atoms with Gasteiger partial charge in [0, 0.05) is 25.7 Å². The topological polar surface area (TPSA) is 237 Å². The van der Waals surface area contributed by atoms with Gasteiger partial charge in [-0.2, -0.15) is 0 Å². The normalized spacial score (nSPS) is 14.2. The van der Waals surface area contributed by atoms with E-state index in [2.05, 4.69) is 34.6 Å². The second kappa shape index (κ2) is 70.1. The van der Waals surface area contributed by atoms with Crippen molar-refractivity contribution in [3.8, 4) is 0 Å². The van der Waals surface area contributed by atoms with Crippen LogP contribution in [-0.2, 0) is 65.4 Å². The number of hydrogen-bond acceptors (Lipinski definition) is 15. The van der Waals surface area contributed by atoms with Gasteiger partial charge in [-0.25, -0.2) is 9.13 Å². The maximum atomic E-state index is 13.1. The van der Waals surface area contributed by atoms with Crippen LogP contribution in [0.25, 0.3) is 0 Å². The Balaban J connectivity index is 5.17. The highest BCUT2D eigenvalue weighted by Crippen LogP contribution is 2.45. The molecule has 3 unspecified atom stereocenters. The molecule has 6 atom stereocenters. The van der Waals surface area contributed by atoms with Gasteiger partial charge in [0.25, 0.3) is 0 Å². The highest BCUT2D eigenvalue weighted by atomic mass is 31.2. The van der Waals surface area contributed by atoms with Crippen molar-refractivity contribution in [2.45, 2.75) is 425 Å². The van der Waals surface area contributed by atoms with Gasteiger partial charge in [-0.05, 0) is 31.6 Å². The summed E-state index contributed by atoms with van der Waals surface area (Å²) in [6.07, 6.45) is 59.5. The van der Waals surface area contributed by atoms with Crippen LogP contribution in [0, 0.1) is 5.92 Å². The number of rotatable bonds is 77. The number of aliphatic hydroxyl groups is 1. The van der Waals surface area contributed by atoms with Gasteiger partial charge >= 0.3 is 39.5 Å². The summed E-state index contributed by atoms with van der Waals surface area (Å²) in [7, 11) is -9.91. The van der Waals surface area contributed by atoms with E-state index in [9.17, 15) is 43.2 Å². The molecule has 19 heteroatoms. The zero-order chi connectivity index (χ0) is 70.5. The smallest absolute Gasteiger partial charge is 0.462 e. The van der Waals surface area contributed by atoms with Gasteiger partial charge in [-0.3, -0.25) is 37.3 Å². The lowest BCUT2D eigenvalue weighted by molar-refractivity contribution is -0.161. The molecule has 0 fully saturated rings. The molecule has 0 bridgehead atoms. The first-order valence-electron chi connectivity index (χ1n) is 40.2. The molecule has 0 radical (unpaired) electrons. The Kier molecular flexibility index (Phi) is 68.7. The number of unbranched alkanes of at least 4 members (excludes halogenated alkanes) is 48. The summed E-state index contributed by atoms with van der Waals surface area (Å²) in [4.78, 5) is 72.8. The number of hydrogen-bond donors (Lipinski definition) is 3. The van der Waals surface area contributed by atoms with Crippen molar-refractivity contribution in [3.05, 3.63) is 0 Å². The first-order chi connectivity index (χ1) is 46.6. The van der Waals surface area contributed by atoms with E-state index in [4.69, 9.17) is 37.0 Å². The van der Waals surface area contributed by atoms with Gasteiger partial charge in [0.2, 0.25) is 0 Å². The van der Waals surface area contributed by atoms with Crippen molar-refractivity contribution < 1.29 is 80.2 Å². The van der Waals surface area contributed by atoms with Crippen LogP contribution in [0.5, 0.6) is 0 Å². The summed E-state index contributed by atoms with van der Waals surface area (Å²) in [6.45, 7) is 7.36. The van der Waals surface area contributed by atoms with Crippen LogP contribution in [0.4, 0.5) is 0 Å². The summed E-state index contributed by atoms with van der Waals surface area (Å²) in [6, 6.07) is 0. The van der Waals surface area contributed by atoms with Crippen LogP contribution in [0.15, 0.2) is 0 Å². The fourth-order valence-corrected chi connectivity index (χ4v) is 13.4. The second-order valence-corrected chi connectivity index (χ2v) is 30.9. The molecule has 0 aromatic rings. The maximum Gasteiger partial charge on any atom is 0.472 e. The molecule has 0 aliphatic rings. The Bertz CT molecular complexity index is 1840. The minimum atomic E-state index is -4.96. The van der Waals surface area contributed by atoms with Crippen molar-refractivity contribution in [1.82, 2.24) is 0 Å². The number of carbonyl (C=O) groups excluding carboxylic acids is 4. The molecule has 0 heterocycles. The lowest BCUT2D eigenvalue weighted by atomic mass is 9.99. The van der Waals surface area contributed by atoms with Gasteiger partial charge in [0.1, 0.15) is 19.3 Å². The van der Waals surface area contributed by atoms with Crippen molar-refractivity contribution in [1.29, 1.82) is 0 Å². The average Bonchev–Trinajstić information content (AvgIpc) is 2.18. The molecule has 0 aromatic carbocycles. The lowest BCUT2D eigenvalue weighted by Crippen LogP contribution is -2.30. The number of esters is 4. The number of phosphoric acid groups is 2. The minimum Gasteiger partial charge on any atom is -0.462 e. The molecule has 3 N–H and O–H groups in total. The van der Waals surface area contributed by atoms with E-state index in [-0.39, 0.29) is 25.7 Å². The predicted octanol–water partition coefficient (Wildman–Crippen LogP) is 22.9. The van der Waals surface area contributed by atoms with Gasteiger partial charge in [0.15, 0.2) is 12.2 Å².